The van der Waals surface area contributed by atoms with E-state index in [2.05, 4.69) is 144 Å². The van der Waals surface area contributed by atoms with E-state index < -0.39 is 6.17 Å². The van der Waals surface area contributed by atoms with E-state index in [1.54, 1.807) is 0 Å². The van der Waals surface area contributed by atoms with Crippen LogP contribution in [0.1, 0.15) is 36.2 Å². The summed E-state index contributed by atoms with van der Waals surface area (Å²) in [5.41, 5.74) is 11.3. The van der Waals surface area contributed by atoms with Crippen LogP contribution in [0.3, 0.4) is 0 Å². The third-order valence-corrected chi connectivity index (χ3v) is 8.89. The molecule has 0 fully saturated rings. The summed E-state index contributed by atoms with van der Waals surface area (Å²) < 4.78 is 0. The van der Waals surface area contributed by atoms with Crippen LogP contribution in [-0.4, -0.2) is 17.8 Å². The highest BCUT2D eigenvalue weighted by Gasteiger charge is 2.30. The Morgan fingerprint density at radius 2 is 1.09 bits per heavy atom. The molecule has 6 aromatic rings. The van der Waals surface area contributed by atoms with E-state index in [4.69, 9.17) is 9.98 Å². The maximum atomic E-state index is 5.12. The van der Waals surface area contributed by atoms with E-state index in [9.17, 15) is 0 Å². The first-order valence-electron chi connectivity index (χ1n) is 16.2. The number of benzene rings is 6. The smallest absolute Gasteiger partial charge is 0.169 e. The maximum Gasteiger partial charge on any atom is 0.169 e. The first-order valence-corrected chi connectivity index (χ1v) is 16.2. The van der Waals surface area contributed by atoms with E-state index in [0.29, 0.717) is 0 Å². The van der Waals surface area contributed by atoms with Crippen LogP contribution in [0, 0.1) is 0 Å². The van der Waals surface area contributed by atoms with Gasteiger partial charge < -0.3 is 15.5 Å². The number of para-hydroxylation sites is 3. The zero-order chi connectivity index (χ0) is 31.6. The van der Waals surface area contributed by atoms with Crippen LogP contribution < -0.4 is 15.5 Å². The Kier molecular flexibility index (Phi) is 7.56. The molecule has 0 radical (unpaired) electrons. The lowest BCUT2D eigenvalue weighted by molar-refractivity contribution is 0.729. The van der Waals surface area contributed by atoms with Gasteiger partial charge in [-0.3, -0.25) is 0 Å². The van der Waals surface area contributed by atoms with Gasteiger partial charge >= 0.3 is 0 Å². The molecule has 2 N–H and O–H groups in total. The SMILES string of the molecule is CCC1Nc2ccccc2N1c1ccccc1-c1ccccc1-c1cccc(C2N=C(c3ccccc3)NC(c3ccccc3)=N2)c1. The highest BCUT2D eigenvalue weighted by Crippen LogP contribution is 2.46. The minimum absolute atomic E-state index is 0.178. The number of fused-ring (bicyclic) bond motifs is 1. The van der Waals surface area contributed by atoms with E-state index in [1.807, 2.05) is 36.4 Å². The number of aliphatic imine (C=N–C) groups is 2. The second-order valence-corrected chi connectivity index (χ2v) is 11.8. The Morgan fingerprint density at radius 1 is 0.532 bits per heavy atom. The molecule has 0 amide bonds. The lowest BCUT2D eigenvalue weighted by Gasteiger charge is -2.29. The molecule has 1 atom stereocenters. The van der Waals surface area contributed by atoms with Gasteiger partial charge in [-0.15, -0.1) is 0 Å². The molecule has 6 aromatic carbocycles. The second kappa shape index (κ2) is 12.5. The average Bonchev–Trinajstić information content (AvgIpc) is 3.54. The Bertz CT molecular complexity index is 2050. The molecular weight excluding hydrogens is 574 g/mol. The van der Waals surface area contributed by atoms with Crippen molar-refractivity contribution in [2.24, 2.45) is 9.98 Å². The van der Waals surface area contributed by atoms with Crippen molar-refractivity contribution < 1.29 is 0 Å². The number of hydrogen-bond acceptors (Lipinski definition) is 5. The Labute approximate surface area is 276 Å². The molecular formula is C42H35N5. The molecule has 0 aliphatic carbocycles. The highest BCUT2D eigenvalue weighted by molar-refractivity contribution is 6.15. The van der Waals surface area contributed by atoms with Gasteiger partial charge in [-0.25, -0.2) is 9.98 Å². The molecule has 0 aromatic heterocycles. The molecule has 0 saturated carbocycles. The maximum absolute atomic E-state index is 5.12. The number of rotatable bonds is 7. The molecule has 2 heterocycles. The molecule has 2 aliphatic rings. The van der Waals surface area contributed by atoms with Crippen LogP contribution in [0.2, 0.25) is 0 Å². The lowest BCUT2D eigenvalue weighted by atomic mass is 9.92. The van der Waals surface area contributed by atoms with Crippen LogP contribution >= 0.6 is 0 Å². The summed E-state index contributed by atoms with van der Waals surface area (Å²) in [4.78, 5) is 12.7. The number of nitrogens with one attached hydrogen (secondary N) is 2. The van der Waals surface area contributed by atoms with Crippen molar-refractivity contribution in [3.63, 3.8) is 0 Å². The van der Waals surface area contributed by atoms with Crippen LogP contribution in [0.25, 0.3) is 22.3 Å². The summed E-state index contributed by atoms with van der Waals surface area (Å²) >= 11 is 0. The summed E-state index contributed by atoms with van der Waals surface area (Å²) in [6.07, 6.45) is 0.760. The summed E-state index contributed by atoms with van der Waals surface area (Å²) in [5, 5.41) is 7.23. The quantitative estimate of drug-likeness (QED) is 0.189. The minimum atomic E-state index is -0.390. The third kappa shape index (κ3) is 5.46. The predicted octanol–water partition coefficient (Wildman–Crippen LogP) is 9.82. The van der Waals surface area contributed by atoms with Crippen molar-refractivity contribution >= 4 is 28.7 Å². The normalized spacial score (nSPS) is 15.7. The number of anilines is 3. The monoisotopic (exact) mass is 609 g/mol. The predicted molar refractivity (Wildman–Crippen MR) is 195 cm³/mol. The van der Waals surface area contributed by atoms with Crippen LogP contribution in [0.5, 0.6) is 0 Å². The fraction of sp³-hybridized carbons (Fsp3) is 0.0952. The van der Waals surface area contributed by atoms with Crippen molar-refractivity contribution in [3.8, 4) is 22.3 Å². The summed E-state index contributed by atoms with van der Waals surface area (Å²) in [6.45, 7) is 2.23. The molecule has 228 valence electrons. The van der Waals surface area contributed by atoms with Gasteiger partial charge in [-0.2, -0.15) is 0 Å². The van der Waals surface area contributed by atoms with E-state index in [0.717, 1.165) is 40.3 Å². The van der Waals surface area contributed by atoms with E-state index in [1.165, 1.54) is 33.8 Å². The second-order valence-electron chi connectivity index (χ2n) is 11.8. The zero-order valence-corrected chi connectivity index (χ0v) is 26.2. The van der Waals surface area contributed by atoms with Crippen molar-refractivity contribution in [2.75, 3.05) is 10.2 Å². The van der Waals surface area contributed by atoms with Crippen LogP contribution in [0.15, 0.2) is 168 Å². The van der Waals surface area contributed by atoms with Gasteiger partial charge in [-0.05, 0) is 52.9 Å². The summed E-state index contributed by atoms with van der Waals surface area (Å²) in [6, 6.07) is 55.3. The number of hydrogen-bond donors (Lipinski definition) is 2. The van der Waals surface area contributed by atoms with Gasteiger partial charge in [0.05, 0.1) is 17.1 Å². The van der Waals surface area contributed by atoms with Crippen molar-refractivity contribution in [1.29, 1.82) is 0 Å². The van der Waals surface area contributed by atoms with E-state index >= 15 is 0 Å². The highest BCUT2D eigenvalue weighted by atomic mass is 15.3. The van der Waals surface area contributed by atoms with Gasteiger partial charge in [0.2, 0.25) is 0 Å². The average molecular weight is 610 g/mol. The van der Waals surface area contributed by atoms with Crippen LogP contribution in [0.4, 0.5) is 17.1 Å². The lowest BCUT2D eigenvalue weighted by Crippen LogP contribution is -2.35. The molecule has 2 aliphatic heterocycles. The van der Waals surface area contributed by atoms with Crippen LogP contribution in [-0.2, 0) is 0 Å². The fourth-order valence-corrected chi connectivity index (χ4v) is 6.63. The van der Waals surface area contributed by atoms with Gasteiger partial charge in [0.15, 0.2) is 6.17 Å². The molecule has 0 saturated heterocycles. The molecule has 1 unspecified atom stereocenters. The first-order chi connectivity index (χ1) is 23.3. The molecule has 8 rings (SSSR count). The van der Waals surface area contributed by atoms with Crippen molar-refractivity contribution in [1.82, 2.24) is 5.32 Å². The fourth-order valence-electron chi connectivity index (χ4n) is 6.63. The third-order valence-electron chi connectivity index (χ3n) is 8.89. The number of nitrogens with zero attached hydrogens (tertiary/aromatic N) is 3. The molecule has 0 spiro atoms. The molecule has 5 heteroatoms. The topological polar surface area (TPSA) is 52.0 Å². The van der Waals surface area contributed by atoms with Gasteiger partial charge in [0.25, 0.3) is 0 Å². The largest absolute Gasteiger partial charge is 0.363 e. The van der Waals surface area contributed by atoms with Gasteiger partial charge in [0, 0.05) is 16.7 Å². The number of amidine groups is 2. The van der Waals surface area contributed by atoms with Gasteiger partial charge in [0.1, 0.15) is 17.8 Å². The molecule has 47 heavy (non-hydrogen) atoms. The first kappa shape index (κ1) is 28.5. The standard InChI is InChI=1S/C42H35N5/c1-2-39-43-36-25-12-14-27-38(36)47(39)37-26-13-11-24-35(37)34-23-10-9-22-33(34)31-20-15-21-32(28-31)42-45-40(29-16-5-3-6-17-29)44-41(46-42)30-18-7-4-8-19-30/h3-28,39,42-43H,2H2,1H3,(H,44,45,46). The Morgan fingerprint density at radius 3 is 1.77 bits per heavy atom. The summed E-state index contributed by atoms with van der Waals surface area (Å²) in [5.74, 6) is 1.63. The van der Waals surface area contributed by atoms with Gasteiger partial charge in [-0.1, -0.05) is 140 Å². The van der Waals surface area contributed by atoms with Crippen molar-refractivity contribution in [2.45, 2.75) is 25.7 Å². The molecule has 5 nitrogen and oxygen atoms in total. The minimum Gasteiger partial charge on any atom is -0.363 e. The Hall–Kier alpha value is -5.94. The van der Waals surface area contributed by atoms with Crippen molar-refractivity contribution in [3.05, 3.63) is 174 Å². The zero-order valence-electron chi connectivity index (χ0n) is 26.2. The molecule has 0 bridgehead atoms. The summed E-state index contributed by atoms with van der Waals surface area (Å²) in [7, 11) is 0. The Balaban J connectivity index is 1.22. The van der Waals surface area contributed by atoms with E-state index in [-0.39, 0.29) is 6.17 Å².